The molecule has 0 bridgehead atoms. The van der Waals surface area contributed by atoms with Crippen LogP contribution in [0.1, 0.15) is 19.8 Å². The van der Waals surface area contributed by atoms with E-state index >= 15 is 0 Å². The quantitative estimate of drug-likeness (QED) is 0.717. The Hall–Kier alpha value is -1.10. The average Bonchev–Trinajstić information content (AvgIpc) is 2.28. The van der Waals surface area contributed by atoms with Crippen LogP contribution in [0.3, 0.4) is 0 Å². The maximum Gasteiger partial charge on any atom is 0.236 e. The first-order valence-corrected chi connectivity index (χ1v) is 5.74. The topological polar surface area (TPSA) is 66.6 Å². The van der Waals surface area contributed by atoms with Crippen molar-refractivity contribution in [1.29, 1.82) is 0 Å². The first-order chi connectivity index (χ1) is 7.54. The van der Waals surface area contributed by atoms with Crippen LogP contribution >= 0.6 is 0 Å². The van der Waals surface area contributed by atoms with Crippen molar-refractivity contribution in [3.63, 3.8) is 0 Å². The molecular formula is C11H21N3O2. The Labute approximate surface area is 96.6 Å². The number of hydrogen-bond acceptors (Lipinski definition) is 3. The van der Waals surface area contributed by atoms with Crippen LogP contribution in [-0.2, 0) is 9.59 Å². The van der Waals surface area contributed by atoms with E-state index < -0.39 is 0 Å². The Balaban J connectivity index is 2.44. The second-order valence-corrected chi connectivity index (χ2v) is 4.45. The highest BCUT2D eigenvalue weighted by molar-refractivity contribution is 5.78. The molecule has 1 aliphatic rings. The van der Waals surface area contributed by atoms with Crippen LogP contribution in [0, 0.1) is 5.92 Å². The molecule has 0 aromatic carbocycles. The molecule has 1 aliphatic heterocycles. The molecule has 2 N–H and O–H groups in total. The van der Waals surface area contributed by atoms with Gasteiger partial charge in [0.1, 0.15) is 0 Å². The molecule has 2 amide bonds. The molecular weight excluding hydrogens is 206 g/mol. The number of amides is 2. The molecule has 92 valence electrons. The van der Waals surface area contributed by atoms with E-state index in [0.29, 0.717) is 5.92 Å². The smallest absolute Gasteiger partial charge is 0.236 e. The average molecular weight is 227 g/mol. The molecule has 16 heavy (non-hydrogen) atoms. The molecule has 1 heterocycles. The SMILES string of the molecule is CC(=O)N(C)C[C@H]1CCCN(C(=O)CN)C1. The minimum absolute atomic E-state index is 0.00942. The van der Waals surface area contributed by atoms with Crippen LogP contribution in [0.5, 0.6) is 0 Å². The highest BCUT2D eigenvalue weighted by Crippen LogP contribution is 2.17. The standard InChI is InChI=1S/C11H21N3O2/c1-9(15)13(2)7-10-4-3-5-14(8-10)11(16)6-12/h10H,3-8,12H2,1-2H3/t10-/m1/s1. The lowest BCUT2D eigenvalue weighted by Gasteiger charge is -2.34. The van der Waals surface area contributed by atoms with E-state index in [1.165, 1.54) is 0 Å². The minimum Gasteiger partial charge on any atom is -0.346 e. The summed E-state index contributed by atoms with van der Waals surface area (Å²) in [6.07, 6.45) is 2.08. The Morgan fingerprint density at radius 3 is 2.75 bits per heavy atom. The van der Waals surface area contributed by atoms with Gasteiger partial charge in [-0.05, 0) is 18.8 Å². The van der Waals surface area contributed by atoms with Crippen LogP contribution < -0.4 is 5.73 Å². The third-order valence-corrected chi connectivity index (χ3v) is 3.12. The number of nitrogens with two attached hydrogens (primary N) is 1. The van der Waals surface area contributed by atoms with Crippen molar-refractivity contribution in [2.75, 3.05) is 33.2 Å². The van der Waals surface area contributed by atoms with Gasteiger partial charge in [0.25, 0.3) is 0 Å². The van der Waals surface area contributed by atoms with Crippen molar-refractivity contribution in [3.05, 3.63) is 0 Å². The summed E-state index contributed by atoms with van der Waals surface area (Å²) < 4.78 is 0. The van der Waals surface area contributed by atoms with E-state index in [1.807, 2.05) is 4.90 Å². The molecule has 0 aliphatic carbocycles. The van der Waals surface area contributed by atoms with Gasteiger partial charge >= 0.3 is 0 Å². The molecule has 1 rings (SSSR count). The van der Waals surface area contributed by atoms with Gasteiger partial charge in [-0.2, -0.15) is 0 Å². The number of carbonyl (C=O) groups excluding carboxylic acids is 2. The lowest BCUT2D eigenvalue weighted by Crippen LogP contribution is -2.45. The van der Waals surface area contributed by atoms with Crippen molar-refractivity contribution < 1.29 is 9.59 Å². The van der Waals surface area contributed by atoms with E-state index in [4.69, 9.17) is 5.73 Å². The van der Waals surface area contributed by atoms with E-state index in [9.17, 15) is 9.59 Å². The van der Waals surface area contributed by atoms with Gasteiger partial charge in [0, 0.05) is 33.6 Å². The van der Waals surface area contributed by atoms with Crippen molar-refractivity contribution in [3.8, 4) is 0 Å². The summed E-state index contributed by atoms with van der Waals surface area (Å²) >= 11 is 0. The molecule has 1 atom stereocenters. The summed E-state index contributed by atoms with van der Waals surface area (Å²) in [6, 6.07) is 0. The fourth-order valence-electron chi connectivity index (χ4n) is 2.09. The van der Waals surface area contributed by atoms with Crippen molar-refractivity contribution in [2.24, 2.45) is 11.7 Å². The molecule has 0 spiro atoms. The van der Waals surface area contributed by atoms with Crippen LogP contribution in [0.2, 0.25) is 0 Å². The Kier molecular flexibility index (Phi) is 4.73. The maximum atomic E-state index is 11.5. The largest absolute Gasteiger partial charge is 0.346 e. The van der Waals surface area contributed by atoms with Gasteiger partial charge in [-0.15, -0.1) is 0 Å². The molecule has 0 radical (unpaired) electrons. The predicted molar refractivity (Wildman–Crippen MR) is 61.7 cm³/mol. The Bertz CT molecular complexity index is 268. The zero-order chi connectivity index (χ0) is 12.1. The van der Waals surface area contributed by atoms with Crippen LogP contribution in [0.25, 0.3) is 0 Å². The molecule has 5 nitrogen and oxygen atoms in total. The fourth-order valence-corrected chi connectivity index (χ4v) is 2.09. The van der Waals surface area contributed by atoms with Gasteiger partial charge in [0.15, 0.2) is 0 Å². The highest BCUT2D eigenvalue weighted by Gasteiger charge is 2.24. The van der Waals surface area contributed by atoms with Gasteiger partial charge in [0.2, 0.25) is 11.8 Å². The summed E-state index contributed by atoms with van der Waals surface area (Å²) in [4.78, 5) is 26.1. The van der Waals surface area contributed by atoms with Gasteiger partial charge in [-0.25, -0.2) is 0 Å². The third kappa shape index (κ3) is 3.48. The van der Waals surface area contributed by atoms with Crippen LogP contribution in [-0.4, -0.2) is 54.8 Å². The number of likely N-dealkylation sites (tertiary alicyclic amines) is 1. The first-order valence-electron chi connectivity index (χ1n) is 5.74. The molecule has 0 aromatic rings. The second kappa shape index (κ2) is 5.84. The zero-order valence-electron chi connectivity index (χ0n) is 10.1. The first kappa shape index (κ1) is 13.0. The molecule has 5 heteroatoms. The number of nitrogens with zero attached hydrogens (tertiary/aromatic N) is 2. The number of rotatable bonds is 3. The Morgan fingerprint density at radius 1 is 1.50 bits per heavy atom. The highest BCUT2D eigenvalue weighted by atomic mass is 16.2. The van der Waals surface area contributed by atoms with E-state index in [-0.39, 0.29) is 18.4 Å². The van der Waals surface area contributed by atoms with Crippen molar-refractivity contribution in [2.45, 2.75) is 19.8 Å². The monoisotopic (exact) mass is 227 g/mol. The molecule has 0 unspecified atom stereocenters. The van der Waals surface area contributed by atoms with Crippen LogP contribution in [0.4, 0.5) is 0 Å². The molecule has 1 fully saturated rings. The summed E-state index contributed by atoms with van der Waals surface area (Å²) in [5, 5.41) is 0. The second-order valence-electron chi connectivity index (χ2n) is 4.45. The summed E-state index contributed by atoms with van der Waals surface area (Å²) in [5.74, 6) is 0.468. The lowest BCUT2D eigenvalue weighted by molar-refractivity contribution is -0.132. The van der Waals surface area contributed by atoms with Gasteiger partial charge in [0.05, 0.1) is 6.54 Å². The van der Waals surface area contributed by atoms with Gasteiger partial charge < -0.3 is 15.5 Å². The normalized spacial score (nSPS) is 20.7. The van der Waals surface area contributed by atoms with Crippen molar-refractivity contribution in [1.82, 2.24) is 9.80 Å². The minimum atomic E-state index is 0.00942. The number of piperidine rings is 1. The molecule has 0 aromatic heterocycles. The Morgan fingerprint density at radius 2 is 2.19 bits per heavy atom. The van der Waals surface area contributed by atoms with Crippen molar-refractivity contribution >= 4 is 11.8 Å². The summed E-state index contributed by atoms with van der Waals surface area (Å²) in [6.45, 7) is 3.90. The van der Waals surface area contributed by atoms with Crippen LogP contribution in [0.15, 0.2) is 0 Å². The lowest BCUT2D eigenvalue weighted by atomic mass is 9.97. The fraction of sp³-hybridized carbons (Fsp3) is 0.818. The van der Waals surface area contributed by atoms with E-state index in [2.05, 4.69) is 0 Å². The summed E-state index contributed by atoms with van der Waals surface area (Å²) in [7, 11) is 1.80. The maximum absolute atomic E-state index is 11.5. The third-order valence-electron chi connectivity index (χ3n) is 3.12. The predicted octanol–water partition coefficient (Wildman–Crippen LogP) is -0.338. The zero-order valence-corrected chi connectivity index (χ0v) is 10.1. The summed E-state index contributed by atoms with van der Waals surface area (Å²) in [5.41, 5.74) is 5.34. The number of hydrogen-bond donors (Lipinski definition) is 1. The number of carbonyl (C=O) groups is 2. The van der Waals surface area contributed by atoms with Gasteiger partial charge in [-0.1, -0.05) is 0 Å². The van der Waals surface area contributed by atoms with E-state index in [1.54, 1.807) is 18.9 Å². The van der Waals surface area contributed by atoms with Gasteiger partial charge in [-0.3, -0.25) is 9.59 Å². The molecule has 1 saturated heterocycles. The molecule has 0 saturated carbocycles. The van der Waals surface area contributed by atoms with E-state index in [0.717, 1.165) is 32.5 Å².